The number of hydrogen-bond donors (Lipinski definition) is 0. The number of carbonyl (C=O) groups is 1. The van der Waals surface area contributed by atoms with E-state index in [2.05, 4.69) is 31.7 Å². The van der Waals surface area contributed by atoms with Gasteiger partial charge in [0.25, 0.3) is 5.91 Å². The quantitative estimate of drug-likeness (QED) is 0.342. The smallest absolute Gasteiger partial charge is 0.260 e. The van der Waals surface area contributed by atoms with Crippen molar-refractivity contribution in [1.82, 2.24) is 9.88 Å². The van der Waals surface area contributed by atoms with E-state index < -0.39 is 0 Å². The molecule has 5 nitrogen and oxygen atoms in total. The summed E-state index contributed by atoms with van der Waals surface area (Å²) >= 11 is 3.27. The predicted octanol–water partition coefficient (Wildman–Crippen LogP) is 5.83. The molecule has 0 saturated heterocycles. The van der Waals surface area contributed by atoms with E-state index in [0.29, 0.717) is 12.1 Å². The summed E-state index contributed by atoms with van der Waals surface area (Å²) in [6.07, 6.45) is 0. The molecule has 1 aromatic heterocycles. The zero-order chi connectivity index (χ0) is 21.5. The van der Waals surface area contributed by atoms with Gasteiger partial charge in [-0.3, -0.25) is 9.69 Å². The van der Waals surface area contributed by atoms with Crippen molar-refractivity contribution in [2.75, 3.05) is 43.9 Å². The van der Waals surface area contributed by atoms with Gasteiger partial charge in [-0.25, -0.2) is 4.98 Å². The van der Waals surface area contributed by atoms with Crippen LogP contribution in [-0.4, -0.2) is 54.8 Å². The van der Waals surface area contributed by atoms with Gasteiger partial charge in [0.1, 0.15) is 5.75 Å². The summed E-state index contributed by atoms with van der Waals surface area (Å²) in [6, 6.07) is 13.7. The first kappa shape index (κ1) is 25.5. The number of nitrogens with zero attached hydrogens (tertiary/aromatic N) is 3. The summed E-state index contributed by atoms with van der Waals surface area (Å²) < 4.78 is 6.36. The number of aromatic nitrogens is 1. The van der Waals surface area contributed by atoms with Crippen LogP contribution in [0.5, 0.6) is 5.75 Å². The van der Waals surface area contributed by atoms with Crippen LogP contribution >= 0.6 is 35.5 Å². The molecule has 31 heavy (non-hydrogen) atoms. The number of fused-ring (bicyclic) bond motifs is 1. The molecule has 2 aromatic carbocycles. The van der Waals surface area contributed by atoms with Gasteiger partial charge in [-0.15, -0.1) is 24.2 Å². The van der Waals surface area contributed by atoms with Crippen molar-refractivity contribution < 1.29 is 9.53 Å². The molecule has 8 heteroatoms. The Morgan fingerprint density at radius 3 is 2.55 bits per heavy atom. The number of methoxy groups -OCH3 is 1. The lowest BCUT2D eigenvalue weighted by atomic mass is 10.2. The molecule has 0 aliphatic rings. The Bertz CT molecular complexity index is 992. The topological polar surface area (TPSA) is 45.7 Å². The van der Waals surface area contributed by atoms with Crippen LogP contribution in [-0.2, 0) is 0 Å². The van der Waals surface area contributed by atoms with Gasteiger partial charge in [0, 0.05) is 23.5 Å². The number of ether oxygens (including phenoxy) is 1. The summed E-state index contributed by atoms with van der Waals surface area (Å²) in [7, 11) is 1.66. The maximum atomic E-state index is 13.5. The van der Waals surface area contributed by atoms with E-state index in [0.717, 1.165) is 51.4 Å². The standard InChI is InChI=1S/C23H29N3O2S2.ClH/c1-5-25(6-2)13-14-26(22(27)17-9-8-10-19(15-17)29-7-3)23-24-20-12-11-18(28-4)16-21(20)30-23;/h8-12,15-16H,5-7,13-14H2,1-4H3;1H. The van der Waals surface area contributed by atoms with E-state index in [4.69, 9.17) is 9.72 Å². The number of hydrogen-bond acceptors (Lipinski definition) is 6. The van der Waals surface area contributed by atoms with E-state index >= 15 is 0 Å². The highest BCUT2D eigenvalue weighted by atomic mass is 35.5. The molecule has 0 spiro atoms. The van der Waals surface area contributed by atoms with E-state index in [9.17, 15) is 4.79 Å². The largest absolute Gasteiger partial charge is 0.497 e. The molecule has 0 saturated carbocycles. The van der Waals surface area contributed by atoms with Crippen LogP contribution < -0.4 is 9.64 Å². The molecular formula is C23H30ClN3O2S2. The minimum atomic E-state index is -0.00766. The number of amides is 1. The first-order valence-electron chi connectivity index (χ1n) is 10.3. The number of thioether (sulfide) groups is 1. The average Bonchev–Trinajstić information content (AvgIpc) is 3.19. The SMILES string of the molecule is CCSc1cccc(C(=O)N(CCN(CC)CC)c2nc3ccc(OC)cc3s2)c1.Cl. The van der Waals surface area contributed by atoms with Crippen molar-refractivity contribution in [3.63, 3.8) is 0 Å². The van der Waals surface area contributed by atoms with Crippen molar-refractivity contribution in [2.24, 2.45) is 0 Å². The molecule has 0 radical (unpaired) electrons. The number of thiazole rings is 1. The fraction of sp³-hybridized carbons (Fsp3) is 0.391. The Kier molecular flexibility index (Phi) is 10.1. The Hall–Kier alpha value is -1.80. The number of likely N-dealkylation sites (N-methyl/N-ethyl adjacent to an activating group) is 1. The van der Waals surface area contributed by atoms with Gasteiger partial charge in [-0.05, 0) is 55.2 Å². The average molecular weight is 480 g/mol. The third kappa shape index (κ3) is 6.35. The van der Waals surface area contributed by atoms with Crippen LogP contribution in [0.2, 0.25) is 0 Å². The second kappa shape index (κ2) is 12.3. The third-order valence-electron chi connectivity index (χ3n) is 4.99. The third-order valence-corrected chi connectivity index (χ3v) is 6.90. The molecule has 0 bridgehead atoms. The van der Waals surface area contributed by atoms with Crippen molar-refractivity contribution in [3.8, 4) is 5.75 Å². The Morgan fingerprint density at radius 1 is 1.10 bits per heavy atom. The molecule has 3 rings (SSSR count). The zero-order valence-electron chi connectivity index (χ0n) is 18.5. The Morgan fingerprint density at radius 2 is 1.87 bits per heavy atom. The van der Waals surface area contributed by atoms with Crippen LogP contribution in [0.25, 0.3) is 10.2 Å². The van der Waals surface area contributed by atoms with Crippen molar-refractivity contribution in [3.05, 3.63) is 48.0 Å². The minimum absolute atomic E-state index is 0. The van der Waals surface area contributed by atoms with Crippen molar-refractivity contribution >= 4 is 56.8 Å². The molecule has 0 aliphatic carbocycles. The number of halogens is 1. The first-order chi connectivity index (χ1) is 14.6. The van der Waals surface area contributed by atoms with Gasteiger partial charge in [0.2, 0.25) is 0 Å². The number of carbonyl (C=O) groups excluding carboxylic acids is 1. The highest BCUT2D eigenvalue weighted by molar-refractivity contribution is 7.99. The van der Waals surface area contributed by atoms with Gasteiger partial charge in [-0.2, -0.15) is 0 Å². The fourth-order valence-corrected chi connectivity index (χ4v) is 4.98. The summed E-state index contributed by atoms with van der Waals surface area (Å²) in [4.78, 5) is 23.6. The van der Waals surface area contributed by atoms with E-state index in [1.54, 1.807) is 18.9 Å². The lowest BCUT2D eigenvalue weighted by Gasteiger charge is -2.25. The normalized spacial score (nSPS) is 10.9. The molecule has 0 N–H and O–H groups in total. The van der Waals surface area contributed by atoms with Crippen LogP contribution in [0.1, 0.15) is 31.1 Å². The van der Waals surface area contributed by atoms with Gasteiger partial charge in [0.15, 0.2) is 5.13 Å². The number of rotatable bonds is 10. The minimum Gasteiger partial charge on any atom is -0.497 e. The van der Waals surface area contributed by atoms with Crippen molar-refractivity contribution in [2.45, 2.75) is 25.7 Å². The van der Waals surface area contributed by atoms with E-state index in [1.165, 1.54) is 11.3 Å². The zero-order valence-corrected chi connectivity index (χ0v) is 20.9. The van der Waals surface area contributed by atoms with Crippen LogP contribution in [0.4, 0.5) is 5.13 Å². The maximum absolute atomic E-state index is 13.5. The second-order valence-electron chi connectivity index (χ2n) is 6.77. The molecular weight excluding hydrogens is 450 g/mol. The summed E-state index contributed by atoms with van der Waals surface area (Å²) in [5.41, 5.74) is 1.58. The molecule has 0 atom stereocenters. The maximum Gasteiger partial charge on any atom is 0.260 e. The van der Waals surface area contributed by atoms with Gasteiger partial charge >= 0.3 is 0 Å². The highest BCUT2D eigenvalue weighted by Crippen LogP contribution is 2.32. The summed E-state index contributed by atoms with van der Waals surface area (Å²) in [6.45, 7) is 9.72. The molecule has 3 aromatic rings. The Balaban J connectivity index is 0.00000341. The lowest BCUT2D eigenvalue weighted by Crippen LogP contribution is -2.38. The number of anilines is 1. The van der Waals surface area contributed by atoms with Crippen LogP contribution in [0.3, 0.4) is 0 Å². The van der Waals surface area contributed by atoms with E-state index in [1.807, 2.05) is 41.3 Å². The fourth-order valence-electron chi connectivity index (χ4n) is 3.24. The molecule has 1 heterocycles. The molecule has 0 aliphatic heterocycles. The second-order valence-corrected chi connectivity index (χ2v) is 9.12. The monoisotopic (exact) mass is 479 g/mol. The number of benzene rings is 2. The van der Waals surface area contributed by atoms with E-state index in [-0.39, 0.29) is 18.3 Å². The molecule has 0 unspecified atom stereocenters. The first-order valence-corrected chi connectivity index (χ1v) is 12.1. The summed E-state index contributed by atoms with van der Waals surface area (Å²) in [5.74, 6) is 1.76. The van der Waals surface area contributed by atoms with Crippen molar-refractivity contribution in [1.29, 1.82) is 0 Å². The van der Waals surface area contributed by atoms with Crippen LogP contribution in [0, 0.1) is 0 Å². The predicted molar refractivity (Wildman–Crippen MR) is 136 cm³/mol. The Labute approximate surface area is 199 Å². The molecule has 168 valence electrons. The van der Waals surface area contributed by atoms with Gasteiger partial charge < -0.3 is 9.64 Å². The van der Waals surface area contributed by atoms with Gasteiger partial charge in [0.05, 0.1) is 17.3 Å². The highest BCUT2D eigenvalue weighted by Gasteiger charge is 2.22. The molecule has 1 amide bonds. The van der Waals surface area contributed by atoms with Gasteiger partial charge in [-0.1, -0.05) is 38.2 Å². The molecule has 0 fully saturated rings. The van der Waals surface area contributed by atoms with Crippen LogP contribution in [0.15, 0.2) is 47.4 Å². The lowest BCUT2D eigenvalue weighted by molar-refractivity contribution is 0.0983. The summed E-state index contributed by atoms with van der Waals surface area (Å²) in [5, 5.41) is 0.726.